The van der Waals surface area contributed by atoms with Gasteiger partial charge in [-0.25, -0.2) is 19.1 Å². The molecule has 2 N–H and O–H groups in total. The molecule has 4 rings (SSSR count). The van der Waals surface area contributed by atoms with Crippen LogP contribution in [0, 0.1) is 11.7 Å². The molecule has 1 saturated carbocycles. The van der Waals surface area contributed by atoms with E-state index in [-0.39, 0.29) is 28.3 Å². The van der Waals surface area contributed by atoms with Gasteiger partial charge < -0.3 is 10.4 Å². The Balaban J connectivity index is 1.62. The second kappa shape index (κ2) is 8.00. The first-order chi connectivity index (χ1) is 13.9. The van der Waals surface area contributed by atoms with Gasteiger partial charge in [-0.05, 0) is 49.1 Å². The third-order valence-corrected chi connectivity index (χ3v) is 5.88. The van der Waals surface area contributed by atoms with E-state index in [4.69, 9.17) is 11.6 Å². The van der Waals surface area contributed by atoms with Gasteiger partial charge >= 0.3 is 6.09 Å². The van der Waals surface area contributed by atoms with Crippen LogP contribution in [-0.2, 0) is 0 Å². The highest BCUT2D eigenvalue weighted by atomic mass is 35.5. The van der Waals surface area contributed by atoms with Gasteiger partial charge in [-0.2, -0.15) is 0 Å². The number of benzene rings is 1. The maximum Gasteiger partial charge on any atom is 0.418 e. The van der Waals surface area contributed by atoms with Gasteiger partial charge in [0, 0.05) is 17.6 Å². The lowest BCUT2D eigenvalue weighted by atomic mass is 10.2. The SMILES string of the molecule is O=C(Nc1ccc(F)c(N(C(=O)O)C2=NC3CC3CCS2)c1)c1ccc(Cl)cn1. The molecule has 29 heavy (non-hydrogen) atoms. The molecule has 1 aromatic heterocycles. The summed E-state index contributed by atoms with van der Waals surface area (Å²) in [5, 5.41) is 13.0. The summed E-state index contributed by atoms with van der Waals surface area (Å²) in [7, 11) is 0. The zero-order chi connectivity index (χ0) is 20.5. The minimum Gasteiger partial charge on any atom is -0.464 e. The monoisotopic (exact) mass is 434 g/mol. The van der Waals surface area contributed by atoms with Crippen LogP contribution in [0.3, 0.4) is 0 Å². The normalized spacial score (nSPS) is 20.1. The number of pyridine rings is 1. The Hall–Kier alpha value is -2.65. The smallest absolute Gasteiger partial charge is 0.418 e. The van der Waals surface area contributed by atoms with Crippen molar-refractivity contribution in [2.45, 2.75) is 18.9 Å². The number of carbonyl (C=O) groups is 2. The molecule has 1 aliphatic carbocycles. The first kappa shape index (κ1) is 19.7. The van der Waals surface area contributed by atoms with Crippen molar-refractivity contribution in [2.24, 2.45) is 10.9 Å². The summed E-state index contributed by atoms with van der Waals surface area (Å²) < 4.78 is 14.5. The molecule has 0 spiro atoms. The first-order valence-electron chi connectivity index (χ1n) is 8.88. The van der Waals surface area contributed by atoms with Crippen LogP contribution >= 0.6 is 23.4 Å². The van der Waals surface area contributed by atoms with Gasteiger partial charge in [-0.1, -0.05) is 23.4 Å². The second-order valence-electron chi connectivity index (χ2n) is 6.71. The highest BCUT2D eigenvalue weighted by Crippen LogP contribution is 2.42. The van der Waals surface area contributed by atoms with Crippen molar-refractivity contribution in [3.05, 3.63) is 53.1 Å². The fraction of sp³-hybridized carbons (Fsp3) is 0.263. The third-order valence-electron chi connectivity index (χ3n) is 4.67. The molecular weight excluding hydrogens is 419 g/mol. The molecule has 1 aromatic carbocycles. The van der Waals surface area contributed by atoms with Gasteiger partial charge in [0.15, 0.2) is 5.17 Å². The lowest BCUT2D eigenvalue weighted by molar-refractivity contribution is 0.102. The van der Waals surface area contributed by atoms with Crippen molar-refractivity contribution in [1.82, 2.24) is 4.98 Å². The van der Waals surface area contributed by atoms with E-state index in [0.29, 0.717) is 10.9 Å². The number of nitrogens with one attached hydrogen (secondary N) is 1. The zero-order valence-corrected chi connectivity index (χ0v) is 16.6. The van der Waals surface area contributed by atoms with Crippen LogP contribution in [0.1, 0.15) is 23.3 Å². The summed E-state index contributed by atoms with van der Waals surface area (Å²) in [4.78, 5) is 33.5. The number of amides is 2. The molecule has 1 fully saturated rings. The summed E-state index contributed by atoms with van der Waals surface area (Å²) in [5.41, 5.74) is 0.168. The number of fused-ring (bicyclic) bond motifs is 1. The number of anilines is 2. The van der Waals surface area contributed by atoms with Crippen molar-refractivity contribution in [3.63, 3.8) is 0 Å². The van der Waals surface area contributed by atoms with Crippen LogP contribution < -0.4 is 10.2 Å². The maximum absolute atomic E-state index is 14.5. The number of aliphatic imine (C=N–C) groups is 1. The van der Waals surface area contributed by atoms with Gasteiger partial charge in [-0.3, -0.25) is 9.79 Å². The van der Waals surface area contributed by atoms with Crippen LogP contribution in [0.25, 0.3) is 0 Å². The molecule has 10 heteroatoms. The Morgan fingerprint density at radius 3 is 2.86 bits per heavy atom. The van der Waals surface area contributed by atoms with Crippen molar-refractivity contribution in [1.29, 1.82) is 0 Å². The molecule has 1 aliphatic heterocycles. The minimum atomic E-state index is -1.34. The van der Waals surface area contributed by atoms with Crippen LogP contribution in [0.15, 0.2) is 41.5 Å². The molecule has 2 amide bonds. The lowest BCUT2D eigenvalue weighted by Gasteiger charge is -2.21. The number of rotatable bonds is 3. The number of carbonyl (C=O) groups excluding carboxylic acids is 1. The van der Waals surface area contributed by atoms with Crippen molar-refractivity contribution in [2.75, 3.05) is 16.0 Å². The van der Waals surface area contributed by atoms with Gasteiger partial charge in [0.2, 0.25) is 0 Å². The molecule has 0 saturated heterocycles. The molecule has 0 bridgehead atoms. The Morgan fingerprint density at radius 2 is 2.14 bits per heavy atom. The van der Waals surface area contributed by atoms with Crippen molar-refractivity contribution in [3.8, 4) is 0 Å². The van der Waals surface area contributed by atoms with E-state index in [2.05, 4.69) is 15.3 Å². The lowest BCUT2D eigenvalue weighted by Crippen LogP contribution is -2.35. The fourth-order valence-corrected chi connectivity index (χ4v) is 4.29. The molecule has 2 heterocycles. The van der Waals surface area contributed by atoms with Gasteiger partial charge in [-0.15, -0.1) is 0 Å². The fourth-order valence-electron chi connectivity index (χ4n) is 3.06. The van der Waals surface area contributed by atoms with Crippen molar-refractivity contribution >= 4 is 51.9 Å². The molecule has 7 nitrogen and oxygen atoms in total. The van der Waals surface area contributed by atoms with E-state index in [1.165, 1.54) is 42.2 Å². The van der Waals surface area contributed by atoms with E-state index in [1.807, 2.05) is 0 Å². The molecule has 2 unspecified atom stereocenters. The number of halogens is 2. The summed E-state index contributed by atoms with van der Waals surface area (Å²) in [6, 6.07) is 6.82. The third kappa shape index (κ3) is 4.35. The Labute approximate surface area is 175 Å². The topological polar surface area (TPSA) is 94.9 Å². The number of aromatic nitrogens is 1. The van der Waals surface area contributed by atoms with E-state index < -0.39 is 17.8 Å². The average Bonchev–Trinajstić information content (AvgIpc) is 3.43. The average molecular weight is 435 g/mol. The highest BCUT2D eigenvalue weighted by Gasteiger charge is 2.40. The van der Waals surface area contributed by atoms with Crippen LogP contribution in [-0.4, -0.2) is 39.1 Å². The number of nitrogens with zero attached hydrogens (tertiary/aromatic N) is 3. The standard InChI is InChI=1S/C19H16ClFN4O3S/c20-11-1-4-14(22-9-11)17(26)23-12-2-3-13(21)16(8-12)25(19(27)28)18-24-15-7-10(15)5-6-29-18/h1-4,8-10,15H,5-7H2,(H,23,26)(H,27,28). The molecule has 0 radical (unpaired) electrons. The molecule has 2 atom stereocenters. The van der Waals surface area contributed by atoms with E-state index in [1.54, 1.807) is 0 Å². The van der Waals surface area contributed by atoms with Crippen LogP contribution in [0.4, 0.5) is 20.6 Å². The van der Waals surface area contributed by atoms with E-state index >= 15 is 0 Å². The number of thioether (sulfide) groups is 1. The number of carboxylic acid groups (broad SMARTS) is 1. The second-order valence-corrected chi connectivity index (χ2v) is 8.21. The van der Waals surface area contributed by atoms with Gasteiger partial charge in [0.05, 0.1) is 16.8 Å². The molecule has 2 aromatic rings. The summed E-state index contributed by atoms with van der Waals surface area (Å²) in [6.45, 7) is 0. The van der Waals surface area contributed by atoms with Crippen LogP contribution in [0.2, 0.25) is 5.02 Å². The molecule has 150 valence electrons. The largest absolute Gasteiger partial charge is 0.464 e. The van der Waals surface area contributed by atoms with E-state index in [0.717, 1.165) is 29.6 Å². The summed E-state index contributed by atoms with van der Waals surface area (Å²) in [5.74, 6) is -0.0413. The number of hydrogen-bond acceptors (Lipinski definition) is 5. The van der Waals surface area contributed by atoms with Crippen molar-refractivity contribution < 1.29 is 19.1 Å². The van der Waals surface area contributed by atoms with Crippen LogP contribution in [0.5, 0.6) is 0 Å². The minimum absolute atomic E-state index is 0.101. The Bertz CT molecular complexity index is 1000. The predicted molar refractivity (Wildman–Crippen MR) is 111 cm³/mol. The first-order valence-corrected chi connectivity index (χ1v) is 10.2. The van der Waals surface area contributed by atoms with Gasteiger partial charge in [0.25, 0.3) is 5.91 Å². The van der Waals surface area contributed by atoms with E-state index in [9.17, 15) is 19.1 Å². The number of hydrogen-bond donors (Lipinski definition) is 2. The Kier molecular flexibility index (Phi) is 5.42. The quantitative estimate of drug-likeness (QED) is 0.742. The maximum atomic E-state index is 14.5. The van der Waals surface area contributed by atoms with Gasteiger partial charge in [0.1, 0.15) is 11.5 Å². The predicted octanol–water partition coefficient (Wildman–Crippen LogP) is 4.49. The summed E-state index contributed by atoms with van der Waals surface area (Å²) >= 11 is 7.06. The molecular formula is C19H16ClFN4O3S. The molecule has 2 aliphatic rings. The zero-order valence-electron chi connectivity index (χ0n) is 15.0. The number of amidine groups is 1. The Morgan fingerprint density at radius 1 is 1.31 bits per heavy atom. The highest BCUT2D eigenvalue weighted by molar-refractivity contribution is 8.14. The summed E-state index contributed by atoms with van der Waals surface area (Å²) in [6.07, 6.45) is 1.90.